The minimum absolute atomic E-state index is 0.0835. The first kappa shape index (κ1) is 34.8. The maximum atomic E-state index is 13.6. The number of carbonyl (C=O) groups excluding carboxylic acids is 3. The number of anilines is 1. The topological polar surface area (TPSA) is 158 Å². The van der Waals surface area contributed by atoms with Crippen molar-refractivity contribution < 1.29 is 14.4 Å². The summed E-state index contributed by atoms with van der Waals surface area (Å²) in [6.45, 7) is 4.93. The Bertz CT molecular complexity index is 1670. The lowest BCUT2D eigenvalue weighted by molar-refractivity contribution is -0.133. The fourth-order valence-corrected chi connectivity index (χ4v) is 8.19. The molecule has 4 aliphatic heterocycles. The quantitative estimate of drug-likeness (QED) is 0.287. The van der Waals surface area contributed by atoms with Gasteiger partial charge in [0.25, 0.3) is 17.4 Å². The molecule has 49 heavy (non-hydrogen) atoms. The van der Waals surface area contributed by atoms with Crippen molar-refractivity contribution in [2.75, 3.05) is 51.6 Å². The van der Waals surface area contributed by atoms with Gasteiger partial charge in [0.05, 0.1) is 17.6 Å². The van der Waals surface area contributed by atoms with Crippen molar-refractivity contribution in [3.63, 3.8) is 0 Å². The lowest BCUT2D eigenvalue weighted by atomic mass is 9.71. The van der Waals surface area contributed by atoms with Crippen LogP contribution in [0.15, 0.2) is 56.6 Å². The summed E-state index contributed by atoms with van der Waals surface area (Å²) in [5.41, 5.74) is 9.38. The molecule has 6 rings (SSSR count). The molecule has 5 heterocycles. The van der Waals surface area contributed by atoms with Crippen LogP contribution in [0.25, 0.3) is 0 Å². The molecule has 4 saturated heterocycles. The van der Waals surface area contributed by atoms with Gasteiger partial charge < -0.3 is 25.8 Å². The zero-order valence-electron chi connectivity index (χ0n) is 28.2. The number of nitrogens with two attached hydrogens (primary N) is 1. The van der Waals surface area contributed by atoms with E-state index in [9.17, 15) is 19.2 Å². The van der Waals surface area contributed by atoms with E-state index in [1.54, 1.807) is 19.5 Å². The van der Waals surface area contributed by atoms with Crippen LogP contribution < -0.4 is 21.9 Å². The number of nitrogens with one attached hydrogen (secondary N) is 2. The Morgan fingerprint density at radius 1 is 1.04 bits per heavy atom. The van der Waals surface area contributed by atoms with Gasteiger partial charge in [-0.05, 0) is 90.5 Å². The van der Waals surface area contributed by atoms with Gasteiger partial charge in [0.1, 0.15) is 10.5 Å². The van der Waals surface area contributed by atoms with E-state index >= 15 is 0 Å². The third-order valence-electron chi connectivity index (χ3n) is 10.8. The average Bonchev–Trinajstić information content (AvgIpc) is 3.10. The van der Waals surface area contributed by atoms with E-state index in [0.717, 1.165) is 82.6 Å². The maximum absolute atomic E-state index is 13.6. The van der Waals surface area contributed by atoms with Crippen molar-refractivity contribution in [2.45, 2.75) is 62.9 Å². The Morgan fingerprint density at radius 3 is 2.37 bits per heavy atom. The van der Waals surface area contributed by atoms with E-state index in [1.807, 2.05) is 17.0 Å². The Labute approximate surface area is 295 Å². The second kappa shape index (κ2) is 14.8. The van der Waals surface area contributed by atoms with Crippen LogP contribution in [0.3, 0.4) is 0 Å². The SMILES string of the molecule is CN1CC(Nc2cnn(C)c(=O)c2Br)CC(c2ccc(C(=O)N3CCC4(CC3)CCN(/C(C=NC3CCC(=O)NC3=O)=C/N)CC4)cc2)C1. The van der Waals surface area contributed by atoms with E-state index in [1.165, 1.54) is 16.4 Å². The summed E-state index contributed by atoms with van der Waals surface area (Å²) >= 11 is 3.42. The lowest BCUT2D eigenvalue weighted by Gasteiger charge is -2.47. The number of allylic oxidation sites excluding steroid dienone is 1. The first-order valence-corrected chi connectivity index (χ1v) is 17.9. The summed E-state index contributed by atoms with van der Waals surface area (Å²) < 4.78 is 1.79. The fourth-order valence-electron chi connectivity index (χ4n) is 7.72. The highest BCUT2D eigenvalue weighted by atomic mass is 79.9. The van der Waals surface area contributed by atoms with Crippen LogP contribution in [0.5, 0.6) is 0 Å². The minimum Gasteiger partial charge on any atom is -0.403 e. The van der Waals surface area contributed by atoms with Crippen molar-refractivity contribution in [1.82, 2.24) is 29.8 Å². The first-order valence-electron chi connectivity index (χ1n) is 17.1. The third kappa shape index (κ3) is 7.90. The number of hydrogen-bond donors (Lipinski definition) is 3. The molecule has 13 nitrogen and oxygen atoms in total. The number of halogens is 1. The van der Waals surface area contributed by atoms with E-state index in [2.05, 4.69) is 65.6 Å². The molecule has 4 N–H and O–H groups in total. The first-order chi connectivity index (χ1) is 23.5. The van der Waals surface area contributed by atoms with Gasteiger partial charge >= 0.3 is 0 Å². The van der Waals surface area contributed by atoms with Crippen LogP contribution in [-0.4, -0.2) is 107 Å². The Morgan fingerprint density at radius 2 is 1.71 bits per heavy atom. The monoisotopic (exact) mass is 735 g/mol. The van der Waals surface area contributed by atoms with Crippen molar-refractivity contribution in [2.24, 2.45) is 23.2 Å². The number of rotatable bonds is 7. The minimum atomic E-state index is -0.565. The van der Waals surface area contributed by atoms with Gasteiger partial charge in [-0.15, -0.1) is 0 Å². The number of benzene rings is 1. The number of aromatic nitrogens is 2. The summed E-state index contributed by atoms with van der Waals surface area (Å²) in [5, 5.41) is 10.0. The highest BCUT2D eigenvalue weighted by Gasteiger charge is 2.39. The van der Waals surface area contributed by atoms with Gasteiger partial charge in [0.2, 0.25) is 5.91 Å². The molecular weight excluding hydrogens is 690 g/mol. The molecular formula is C35H46BrN9O4. The molecule has 0 bridgehead atoms. The number of piperidine rings is 4. The van der Waals surface area contributed by atoms with Crippen LogP contribution in [0, 0.1) is 5.41 Å². The fraction of sp³-hybridized carbons (Fsp3) is 0.543. The van der Waals surface area contributed by atoms with Crippen molar-refractivity contribution in [3.8, 4) is 0 Å². The van der Waals surface area contributed by atoms with E-state index in [0.29, 0.717) is 23.0 Å². The second-order valence-corrected chi connectivity index (χ2v) is 14.8. The molecule has 4 aliphatic rings. The van der Waals surface area contributed by atoms with Crippen LogP contribution in [0.2, 0.25) is 0 Å². The van der Waals surface area contributed by atoms with Crippen molar-refractivity contribution >= 4 is 45.6 Å². The standard InChI is InChI=1S/C35H46BrN9O4/c1-42-21-25(17-26(22-42)40-29-20-39-43(2)34(49)31(29)36)23-3-5-24(6-4-23)33(48)45-15-11-35(12-16-45)9-13-44(14-10-35)27(18-37)19-38-28-7-8-30(46)41-32(28)47/h3-6,18-20,25-26,28,40H,7-17,21-22,37H2,1-2H3,(H,41,46,47)/b27-18+,38-19?. The molecule has 2 aromatic rings. The molecule has 0 saturated carbocycles. The van der Waals surface area contributed by atoms with Gasteiger partial charge in [-0.25, -0.2) is 4.68 Å². The number of carbonyl (C=O) groups is 3. The number of aryl methyl sites for hydroxylation is 1. The Balaban J connectivity index is 0.994. The molecule has 0 aliphatic carbocycles. The summed E-state index contributed by atoms with van der Waals surface area (Å²) in [7, 11) is 3.74. The van der Waals surface area contributed by atoms with Gasteiger partial charge in [-0.2, -0.15) is 5.10 Å². The zero-order chi connectivity index (χ0) is 34.7. The maximum Gasteiger partial charge on any atom is 0.282 e. The van der Waals surface area contributed by atoms with Gasteiger partial charge in [-0.3, -0.25) is 29.5 Å². The highest BCUT2D eigenvalue weighted by Crippen LogP contribution is 2.42. The molecule has 3 atom stereocenters. The van der Waals surface area contributed by atoms with Crippen molar-refractivity contribution in [3.05, 3.63) is 68.3 Å². The van der Waals surface area contributed by atoms with Gasteiger partial charge in [0, 0.05) is 76.8 Å². The molecule has 14 heteroatoms. The highest BCUT2D eigenvalue weighted by molar-refractivity contribution is 9.10. The number of likely N-dealkylation sites (tertiary alicyclic amines) is 3. The van der Waals surface area contributed by atoms with Crippen LogP contribution in [0.1, 0.15) is 66.8 Å². The molecule has 3 unspecified atom stereocenters. The largest absolute Gasteiger partial charge is 0.403 e. The van der Waals surface area contributed by atoms with E-state index < -0.39 is 6.04 Å². The summed E-state index contributed by atoms with van der Waals surface area (Å²) in [4.78, 5) is 60.3. The molecule has 1 spiro atoms. The summed E-state index contributed by atoms with van der Waals surface area (Å²) in [5.74, 6) is -0.238. The lowest BCUT2D eigenvalue weighted by Crippen LogP contribution is -2.48. The summed E-state index contributed by atoms with van der Waals surface area (Å²) in [6.07, 6.45) is 10.4. The number of amides is 3. The Kier molecular flexibility index (Phi) is 10.5. The smallest absolute Gasteiger partial charge is 0.282 e. The van der Waals surface area contributed by atoms with Gasteiger partial charge in [0.15, 0.2) is 0 Å². The van der Waals surface area contributed by atoms with Crippen molar-refractivity contribution in [1.29, 1.82) is 0 Å². The average molecular weight is 737 g/mol. The summed E-state index contributed by atoms with van der Waals surface area (Å²) in [6, 6.07) is 7.71. The molecule has 0 radical (unpaired) electrons. The number of hydrogen-bond acceptors (Lipinski definition) is 10. The van der Waals surface area contributed by atoms with Crippen LogP contribution in [-0.2, 0) is 16.6 Å². The van der Waals surface area contributed by atoms with Crippen LogP contribution in [0.4, 0.5) is 5.69 Å². The normalized spacial score (nSPS) is 25.1. The zero-order valence-corrected chi connectivity index (χ0v) is 29.8. The Hall–Kier alpha value is -4.04. The molecule has 1 aromatic heterocycles. The third-order valence-corrected chi connectivity index (χ3v) is 11.5. The molecule has 262 valence electrons. The van der Waals surface area contributed by atoms with E-state index in [-0.39, 0.29) is 40.7 Å². The molecule has 4 fully saturated rings. The second-order valence-electron chi connectivity index (χ2n) is 14.0. The number of imide groups is 1. The number of likely N-dealkylation sites (N-methyl/N-ethyl adjacent to an activating group) is 1. The predicted octanol–water partition coefficient (Wildman–Crippen LogP) is 2.44. The molecule has 3 amide bonds. The van der Waals surface area contributed by atoms with Gasteiger partial charge in [-0.1, -0.05) is 12.1 Å². The number of nitrogens with zero attached hydrogens (tertiary/aromatic N) is 6. The van der Waals surface area contributed by atoms with E-state index in [4.69, 9.17) is 5.73 Å². The number of aliphatic imine (C=N–C) groups is 1. The van der Waals surface area contributed by atoms with Crippen LogP contribution >= 0.6 is 15.9 Å². The molecule has 1 aromatic carbocycles. The predicted molar refractivity (Wildman–Crippen MR) is 191 cm³/mol.